The molecule has 0 aliphatic rings. The van der Waals surface area contributed by atoms with Crippen LogP contribution in [0.25, 0.3) is 0 Å². The fourth-order valence-corrected chi connectivity index (χ4v) is 2.23. The maximum Gasteiger partial charge on any atom is 0.257 e. The molecular formula is C17H20N2O2. The van der Waals surface area contributed by atoms with E-state index < -0.39 is 0 Å². The number of rotatable bonds is 5. The van der Waals surface area contributed by atoms with Crippen LogP contribution in [0.3, 0.4) is 0 Å². The summed E-state index contributed by atoms with van der Waals surface area (Å²) in [7, 11) is 3.35. The Morgan fingerprint density at radius 3 is 2.57 bits per heavy atom. The Hall–Kier alpha value is -2.33. The van der Waals surface area contributed by atoms with E-state index >= 15 is 0 Å². The Kier molecular flexibility index (Phi) is 4.95. The lowest BCUT2D eigenvalue weighted by Gasteiger charge is -2.19. The number of ether oxygens (including phenoxy) is 1. The van der Waals surface area contributed by atoms with Crippen molar-refractivity contribution in [3.05, 3.63) is 65.2 Å². The van der Waals surface area contributed by atoms with Crippen molar-refractivity contribution < 1.29 is 9.53 Å². The maximum atomic E-state index is 12.5. The van der Waals surface area contributed by atoms with Gasteiger partial charge in [-0.1, -0.05) is 36.4 Å². The molecule has 2 rings (SSSR count). The zero-order chi connectivity index (χ0) is 15.2. The molecule has 2 aromatic rings. The SMILES string of the molecule is COc1ccccc1C(=O)N(C)Cc1cccc(CN)c1. The number of hydrogen-bond acceptors (Lipinski definition) is 3. The van der Waals surface area contributed by atoms with E-state index in [1.165, 1.54) is 0 Å². The summed E-state index contributed by atoms with van der Waals surface area (Å²) in [5.41, 5.74) is 8.33. The number of amides is 1. The first kappa shape index (κ1) is 15.1. The van der Waals surface area contributed by atoms with Gasteiger partial charge in [0.2, 0.25) is 0 Å². The Morgan fingerprint density at radius 1 is 1.14 bits per heavy atom. The van der Waals surface area contributed by atoms with Crippen LogP contribution in [0.2, 0.25) is 0 Å². The van der Waals surface area contributed by atoms with Crippen LogP contribution in [-0.2, 0) is 13.1 Å². The number of carbonyl (C=O) groups excluding carboxylic acids is 1. The van der Waals surface area contributed by atoms with E-state index in [9.17, 15) is 4.79 Å². The third kappa shape index (κ3) is 3.61. The number of benzene rings is 2. The standard InChI is InChI=1S/C17H20N2O2/c1-19(12-14-7-5-6-13(10-14)11-18)17(20)15-8-3-4-9-16(15)21-2/h3-10H,11-12,18H2,1-2H3. The molecule has 2 N–H and O–H groups in total. The minimum atomic E-state index is -0.0643. The molecule has 21 heavy (non-hydrogen) atoms. The number of carbonyl (C=O) groups is 1. The van der Waals surface area contributed by atoms with Gasteiger partial charge in [-0.05, 0) is 23.3 Å². The van der Waals surface area contributed by atoms with Gasteiger partial charge < -0.3 is 15.4 Å². The van der Waals surface area contributed by atoms with E-state index in [0.717, 1.165) is 11.1 Å². The molecule has 0 saturated carbocycles. The summed E-state index contributed by atoms with van der Waals surface area (Å²) < 4.78 is 5.24. The largest absolute Gasteiger partial charge is 0.496 e. The molecule has 1 amide bonds. The second kappa shape index (κ2) is 6.90. The highest BCUT2D eigenvalue weighted by atomic mass is 16.5. The quantitative estimate of drug-likeness (QED) is 0.917. The van der Waals surface area contributed by atoms with Gasteiger partial charge in [-0.15, -0.1) is 0 Å². The zero-order valence-corrected chi connectivity index (χ0v) is 12.4. The Bertz CT molecular complexity index is 626. The minimum absolute atomic E-state index is 0.0643. The molecule has 0 heterocycles. The summed E-state index contributed by atoms with van der Waals surface area (Å²) >= 11 is 0. The molecule has 0 atom stereocenters. The monoisotopic (exact) mass is 284 g/mol. The summed E-state index contributed by atoms with van der Waals surface area (Å²) in [5.74, 6) is 0.524. The van der Waals surface area contributed by atoms with E-state index in [2.05, 4.69) is 0 Å². The molecule has 0 aliphatic heterocycles. The topological polar surface area (TPSA) is 55.6 Å². The maximum absolute atomic E-state index is 12.5. The van der Waals surface area contributed by atoms with Crippen LogP contribution in [0.4, 0.5) is 0 Å². The van der Waals surface area contributed by atoms with Crippen molar-refractivity contribution in [3.63, 3.8) is 0 Å². The Labute approximate surface area is 125 Å². The predicted molar refractivity (Wildman–Crippen MR) is 83.1 cm³/mol. The lowest BCUT2D eigenvalue weighted by molar-refractivity contribution is 0.0781. The van der Waals surface area contributed by atoms with Gasteiger partial charge in [0.05, 0.1) is 12.7 Å². The van der Waals surface area contributed by atoms with Crippen molar-refractivity contribution in [2.75, 3.05) is 14.2 Å². The van der Waals surface area contributed by atoms with Gasteiger partial charge in [0.1, 0.15) is 5.75 Å². The van der Waals surface area contributed by atoms with Gasteiger partial charge in [0.25, 0.3) is 5.91 Å². The van der Waals surface area contributed by atoms with Gasteiger partial charge in [0, 0.05) is 20.1 Å². The lowest BCUT2D eigenvalue weighted by atomic mass is 10.1. The average Bonchev–Trinajstić information content (AvgIpc) is 2.54. The minimum Gasteiger partial charge on any atom is -0.496 e. The van der Waals surface area contributed by atoms with E-state index in [1.807, 2.05) is 36.4 Å². The van der Waals surface area contributed by atoms with Crippen molar-refractivity contribution in [3.8, 4) is 5.75 Å². The van der Waals surface area contributed by atoms with Crippen LogP contribution in [0.1, 0.15) is 21.5 Å². The molecule has 110 valence electrons. The predicted octanol–water partition coefficient (Wildman–Crippen LogP) is 2.43. The molecule has 0 aliphatic carbocycles. The number of methoxy groups -OCH3 is 1. The molecule has 0 bridgehead atoms. The highest BCUT2D eigenvalue weighted by molar-refractivity contribution is 5.96. The molecule has 0 saturated heterocycles. The number of nitrogens with zero attached hydrogens (tertiary/aromatic N) is 1. The fraction of sp³-hybridized carbons (Fsp3) is 0.235. The van der Waals surface area contributed by atoms with Crippen LogP contribution in [0, 0.1) is 0 Å². The molecule has 4 heteroatoms. The summed E-state index contributed by atoms with van der Waals surface area (Å²) in [4.78, 5) is 14.2. The Balaban J connectivity index is 2.15. The second-order valence-electron chi connectivity index (χ2n) is 4.89. The average molecular weight is 284 g/mol. The molecule has 0 aromatic heterocycles. The molecule has 0 fully saturated rings. The van der Waals surface area contributed by atoms with Crippen LogP contribution in [0.15, 0.2) is 48.5 Å². The smallest absolute Gasteiger partial charge is 0.257 e. The third-order valence-corrected chi connectivity index (χ3v) is 3.33. The number of hydrogen-bond donors (Lipinski definition) is 1. The summed E-state index contributed by atoms with van der Waals surface area (Å²) in [6.07, 6.45) is 0. The van der Waals surface area contributed by atoms with Gasteiger partial charge in [-0.25, -0.2) is 0 Å². The highest BCUT2D eigenvalue weighted by Gasteiger charge is 2.16. The first-order valence-electron chi connectivity index (χ1n) is 6.82. The van der Waals surface area contributed by atoms with Gasteiger partial charge in [-0.3, -0.25) is 4.79 Å². The summed E-state index contributed by atoms with van der Waals surface area (Å²) in [5, 5.41) is 0. The molecule has 0 unspecified atom stereocenters. The summed E-state index contributed by atoms with van der Waals surface area (Å²) in [6, 6.07) is 15.2. The van der Waals surface area contributed by atoms with E-state index in [-0.39, 0.29) is 5.91 Å². The summed E-state index contributed by atoms with van der Waals surface area (Å²) in [6.45, 7) is 1.03. The van der Waals surface area contributed by atoms with Crippen molar-refractivity contribution in [2.45, 2.75) is 13.1 Å². The molecular weight excluding hydrogens is 264 g/mol. The highest BCUT2D eigenvalue weighted by Crippen LogP contribution is 2.19. The fourth-order valence-electron chi connectivity index (χ4n) is 2.23. The van der Waals surface area contributed by atoms with Gasteiger partial charge in [-0.2, -0.15) is 0 Å². The van der Waals surface area contributed by atoms with Gasteiger partial charge in [0.15, 0.2) is 0 Å². The zero-order valence-electron chi connectivity index (χ0n) is 12.4. The molecule has 4 nitrogen and oxygen atoms in total. The molecule has 0 radical (unpaired) electrons. The third-order valence-electron chi connectivity index (χ3n) is 3.33. The second-order valence-corrected chi connectivity index (χ2v) is 4.89. The van der Waals surface area contributed by atoms with E-state index in [4.69, 9.17) is 10.5 Å². The molecule has 2 aromatic carbocycles. The van der Waals surface area contributed by atoms with E-state index in [1.54, 1.807) is 31.2 Å². The van der Waals surface area contributed by atoms with E-state index in [0.29, 0.717) is 24.4 Å². The normalized spacial score (nSPS) is 10.2. The van der Waals surface area contributed by atoms with Crippen LogP contribution < -0.4 is 10.5 Å². The number of para-hydroxylation sites is 1. The Morgan fingerprint density at radius 2 is 1.86 bits per heavy atom. The van der Waals surface area contributed by atoms with Crippen molar-refractivity contribution in [1.82, 2.24) is 4.90 Å². The van der Waals surface area contributed by atoms with Gasteiger partial charge >= 0.3 is 0 Å². The van der Waals surface area contributed by atoms with Crippen LogP contribution in [0.5, 0.6) is 5.75 Å². The lowest BCUT2D eigenvalue weighted by Crippen LogP contribution is -2.26. The van der Waals surface area contributed by atoms with Crippen molar-refractivity contribution >= 4 is 5.91 Å². The number of nitrogens with two attached hydrogens (primary N) is 1. The molecule has 0 spiro atoms. The first-order chi connectivity index (χ1) is 10.2. The van der Waals surface area contributed by atoms with Crippen molar-refractivity contribution in [2.24, 2.45) is 5.73 Å². The first-order valence-corrected chi connectivity index (χ1v) is 6.82. The van der Waals surface area contributed by atoms with Crippen LogP contribution in [-0.4, -0.2) is 25.0 Å². The van der Waals surface area contributed by atoms with Crippen molar-refractivity contribution in [1.29, 1.82) is 0 Å². The van der Waals surface area contributed by atoms with Crippen LogP contribution >= 0.6 is 0 Å².